The molecule has 0 saturated carbocycles. The molecule has 126 valence electrons. The first-order valence-corrected chi connectivity index (χ1v) is 8.58. The van der Waals surface area contributed by atoms with Crippen LogP contribution in [-0.4, -0.2) is 91.5 Å². The number of hydrogen-bond donors (Lipinski definition) is 0. The van der Waals surface area contributed by atoms with E-state index in [-0.39, 0.29) is 5.91 Å². The second kappa shape index (κ2) is 7.27. The number of pyridine rings is 1. The van der Waals surface area contributed by atoms with Crippen LogP contribution in [0.15, 0.2) is 18.3 Å². The third-order valence-electron chi connectivity index (χ3n) is 4.94. The molecule has 0 aromatic carbocycles. The summed E-state index contributed by atoms with van der Waals surface area (Å²) in [5, 5.41) is 0. The summed E-state index contributed by atoms with van der Waals surface area (Å²) >= 11 is 0. The van der Waals surface area contributed by atoms with E-state index in [0.29, 0.717) is 5.69 Å². The summed E-state index contributed by atoms with van der Waals surface area (Å²) < 4.78 is 0. The van der Waals surface area contributed by atoms with Gasteiger partial charge >= 0.3 is 0 Å². The van der Waals surface area contributed by atoms with Crippen molar-refractivity contribution in [3.05, 3.63) is 24.0 Å². The van der Waals surface area contributed by atoms with Gasteiger partial charge in [-0.15, -0.1) is 0 Å². The molecule has 2 fully saturated rings. The SMILES string of the molecule is CCN1CCN(C(=O)c2ccc(N3CCN(C)CC3)cn2)CC1. The van der Waals surface area contributed by atoms with Crippen LogP contribution in [0.3, 0.4) is 0 Å². The highest BCUT2D eigenvalue weighted by atomic mass is 16.2. The molecule has 3 heterocycles. The molecule has 2 saturated heterocycles. The summed E-state index contributed by atoms with van der Waals surface area (Å²) in [6.07, 6.45) is 1.85. The van der Waals surface area contributed by atoms with E-state index in [9.17, 15) is 4.79 Å². The average Bonchev–Trinajstić information content (AvgIpc) is 2.62. The van der Waals surface area contributed by atoms with Crippen LogP contribution in [0.2, 0.25) is 0 Å². The fourth-order valence-corrected chi connectivity index (χ4v) is 3.19. The largest absolute Gasteiger partial charge is 0.368 e. The molecule has 1 aromatic rings. The minimum Gasteiger partial charge on any atom is -0.368 e. The molecule has 0 atom stereocenters. The van der Waals surface area contributed by atoms with Crippen molar-refractivity contribution in [1.29, 1.82) is 0 Å². The number of aromatic nitrogens is 1. The Morgan fingerprint density at radius 2 is 1.74 bits per heavy atom. The van der Waals surface area contributed by atoms with Crippen LogP contribution in [0.25, 0.3) is 0 Å². The van der Waals surface area contributed by atoms with E-state index < -0.39 is 0 Å². The lowest BCUT2D eigenvalue weighted by Gasteiger charge is -2.34. The predicted molar refractivity (Wildman–Crippen MR) is 92.0 cm³/mol. The fourth-order valence-electron chi connectivity index (χ4n) is 3.19. The highest BCUT2D eigenvalue weighted by molar-refractivity contribution is 5.92. The molecule has 2 aliphatic rings. The zero-order valence-corrected chi connectivity index (χ0v) is 14.2. The summed E-state index contributed by atoms with van der Waals surface area (Å²) in [5.74, 6) is 0.0608. The lowest BCUT2D eigenvalue weighted by atomic mass is 10.2. The molecule has 1 amide bonds. The van der Waals surface area contributed by atoms with Gasteiger partial charge in [-0.25, -0.2) is 4.98 Å². The number of rotatable bonds is 3. The van der Waals surface area contributed by atoms with Gasteiger partial charge in [-0.05, 0) is 25.7 Å². The van der Waals surface area contributed by atoms with Gasteiger partial charge in [0.05, 0.1) is 11.9 Å². The van der Waals surface area contributed by atoms with Gasteiger partial charge in [-0.1, -0.05) is 6.92 Å². The van der Waals surface area contributed by atoms with Crippen LogP contribution in [0, 0.1) is 0 Å². The van der Waals surface area contributed by atoms with E-state index in [0.717, 1.165) is 64.6 Å². The zero-order chi connectivity index (χ0) is 16.2. The van der Waals surface area contributed by atoms with Gasteiger partial charge in [0.25, 0.3) is 5.91 Å². The summed E-state index contributed by atoms with van der Waals surface area (Å²) in [7, 11) is 2.15. The van der Waals surface area contributed by atoms with E-state index in [1.54, 1.807) is 0 Å². The summed E-state index contributed by atoms with van der Waals surface area (Å²) in [5.41, 5.74) is 1.68. The number of piperazine rings is 2. The van der Waals surface area contributed by atoms with Gasteiger partial charge in [0.1, 0.15) is 5.69 Å². The zero-order valence-electron chi connectivity index (χ0n) is 14.2. The molecule has 0 spiro atoms. The van der Waals surface area contributed by atoms with E-state index in [1.165, 1.54) is 0 Å². The third-order valence-corrected chi connectivity index (χ3v) is 4.94. The number of likely N-dealkylation sites (N-methyl/N-ethyl adjacent to an activating group) is 2. The first-order valence-electron chi connectivity index (χ1n) is 8.58. The Hall–Kier alpha value is -1.66. The standard InChI is InChI=1S/C17H27N5O/c1-3-20-8-12-22(13-9-20)17(23)16-5-4-15(14-18-16)21-10-6-19(2)7-11-21/h4-5,14H,3,6-13H2,1-2H3. The Balaban J connectivity index is 1.59. The van der Waals surface area contributed by atoms with Gasteiger partial charge in [-0.2, -0.15) is 0 Å². The molecular weight excluding hydrogens is 290 g/mol. The normalized spacial score (nSPS) is 20.8. The van der Waals surface area contributed by atoms with Crippen LogP contribution in [0.1, 0.15) is 17.4 Å². The molecule has 23 heavy (non-hydrogen) atoms. The summed E-state index contributed by atoms with van der Waals surface area (Å²) in [4.78, 5) is 25.9. The molecule has 3 rings (SSSR count). The van der Waals surface area contributed by atoms with Gasteiger partial charge in [-0.3, -0.25) is 4.79 Å². The predicted octanol–water partition coefficient (Wildman–Crippen LogP) is 0.611. The molecule has 0 unspecified atom stereocenters. The summed E-state index contributed by atoms with van der Waals surface area (Å²) in [6.45, 7) is 10.9. The van der Waals surface area contributed by atoms with Crippen molar-refractivity contribution in [1.82, 2.24) is 19.7 Å². The van der Waals surface area contributed by atoms with Crippen LogP contribution >= 0.6 is 0 Å². The van der Waals surface area contributed by atoms with Crippen LogP contribution < -0.4 is 4.90 Å². The van der Waals surface area contributed by atoms with Crippen molar-refractivity contribution in [2.45, 2.75) is 6.92 Å². The molecular formula is C17H27N5O. The van der Waals surface area contributed by atoms with Crippen LogP contribution in [-0.2, 0) is 0 Å². The lowest BCUT2D eigenvalue weighted by molar-refractivity contribution is 0.0637. The topological polar surface area (TPSA) is 42.9 Å². The first-order chi connectivity index (χ1) is 11.2. The van der Waals surface area contributed by atoms with Gasteiger partial charge in [0.15, 0.2) is 0 Å². The quantitative estimate of drug-likeness (QED) is 0.817. The third kappa shape index (κ3) is 3.82. The van der Waals surface area contributed by atoms with Gasteiger partial charge < -0.3 is 19.6 Å². The Morgan fingerprint density at radius 1 is 1.04 bits per heavy atom. The number of hydrogen-bond acceptors (Lipinski definition) is 5. The average molecular weight is 317 g/mol. The van der Waals surface area contributed by atoms with Crippen molar-refractivity contribution >= 4 is 11.6 Å². The second-order valence-corrected chi connectivity index (χ2v) is 6.42. The van der Waals surface area contributed by atoms with Crippen molar-refractivity contribution in [2.24, 2.45) is 0 Å². The molecule has 2 aliphatic heterocycles. The molecule has 1 aromatic heterocycles. The molecule has 0 aliphatic carbocycles. The fraction of sp³-hybridized carbons (Fsp3) is 0.647. The van der Waals surface area contributed by atoms with Crippen molar-refractivity contribution < 1.29 is 4.79 Å². The van der Waals surface area contributed by atoms with Crippen LogP contribution in [0.5, 0.6) is 0 Å². The molecule has 6 nitrogen and oxygen atoms in total. The number of carbonyl (C=O) groups is 1. The maximum atomic E-state index is 12.5. The van der Waals surface area contributed by atoms with Crippen molar-refractivity contribution in [3.63, 3.8) is 0 Å². The van der Waals surface area contributed by atoms with E-state index in [2.05, 4.69) is 33.7 Å². The van der Waals surface area contributed by atoms with E-state index >= 15 is 0 Å². The van der Waals surface area contributed by atoms with Crippen molar-refractivity contribution in [2.75, 3.05) is 70.9 Å². The Kier molecular flexibility index (Phi) is 5.13. The Labute approximate surface area is 138 Å². The highest BCUT2D eigenvalue weighted by Gasteiger charge is 2.22. The molecule has 6 heteroatoms. The monoisotopic (exact) mass is 317 g/mol. The van der Waals surface area contributed by atoms with Gasteiger partial charge in [0, 0.05) is 52.4 Å². The maximum Gasteiger partial charge on any atom is 0.272 e. The number of anilines is 1. The van der Waals surface area contributed by atoms with Crippen LogP contribution in [0.4, 0.5) is 5.69 Å². The smallest absolute Gasteiger partial charge is 0.272 e. The minimum absolute atomic E-state index is 0.0608. The Bertz CT molecular complexity index is 516. The maximum absolute atomic E-state index is 12.5. The first kappa shape index (κ1) is 16.2. The molecule has 0 N–H and O–H groups in total. The van der Waals surface area contributed by atoms with Crippen molar-refractivity contribution in [3.8, 4) is 0 Å². The second-order valence-electron chi connectivity index (χ2n) is 6.42. The van der Waals surface area contributed by atoms with E-state index in [4.69, 9.17) is 0 Å². The molecule has 0 bridgehead atoms. The lowest BCUT2D eigenvalue weighted by Crippen LogP contribution is -2.48. The Morgan fingerprint density at radius 3 is 2.30 bits per heavy atom. The number of amides is 1. The number of carbonyl (C=O) groups excluding carboxylic acids is 1. The minimum atomic E-state index is 0.0608. The highest BCUT2D eigenvalue weighted by Crippen LogP contribution is 2.16. The van der Waals surface area contributed by atoms with Gasteiger partial charge in [0.2, 0.25) is 0 Å². The molecule has 0 radical (unpaired) electrons. The van der Waals surface area contributed by atoms with E-state index in [1.807, 2.05) is 23.2 Å². The summed E-state index contributed by atoms with van der Waals surface area (Å²) in [6, 6.07) is 3.91. The number of nitrogens with zero attached hydrogens (tertiary/aromatic N) is 5.